The molecule has 0 bridgehead atoms. The summed E-state index contributed by atoms with van der Waals surface area (Å²) in [7, 11) is -1.11. The van der Waals surface area contributed by atoms with Gasteiger partial charge in [-0.05, 0) is 48.9 Å². The van der Waals surface area contributed by atoms with Crippen LogP contribution >= 0.6 is 15.9 Å². The molecule has 0 N–H and O–H groups in total. The Hall–Kier alpha value is -0.583. The predicted octanol–water partition coefficient (Wildman–Crippen LogP) is 6.58. The number of ether oxygens (including phenoxy) is 2. The van der Waals surface area contributed by atoms with Crippen molar-refractivity contribution < 1.29 is 9.47 Å². The maximum Gasteiger partial charge on any atom is 0.128 e. The van der Waals surface area contributed by atoms with Crippen LogP contribution in [0.1, 0.15) is 48.1 Å². The van der Waals surface area contributed by atoms with Crippen LogP contribution < -0.4 is 4.74 Å². The van der Waals surface area contributed by atoms with Crippen molar-refractivity contribution in [3.05, 3.63) is 39.5 Å². The summed E-state index contributed by atoms with van der Waals surface area (Å²) in [5.41, 5.74) is 8.38. The zero-order valence-electron chi connectivity index (χ0n) is 17.4. The first kappa shape index (κ1) is 21.7. The molecular formula is C22H35BrO2Si. The highest BCUT2D eigenvalue weighted by Crippen LogP contribution is 2.39. The first-order valence-electron chi connectivity index (χ1n) is 9.92. The lowest BCUT2D eigenvalue weighted by Crippen LogP contribution is -2.23. The molecule has 0 atom stereocenters. The predicted molar refractivity (Wildman–Crippen MR) is 119 cm³/mol. The van der Waals surface area contributed by atoms with Crippen molar-refractivity contribution in [1.82, 2.24) is 0 Å². The van der Waals surface area contributed by atoms with E-state index in [1.807, 2.05) is 0 Å². The van der Waals surface area contributed by atoms with Gasteiger partial charge in [0.25, 0.3) is 0 Å². The molecule has 0 spiro atoms. The van der Waals surface area contributed by atoms with Crippen LogP contribution in [0.4, 0.5) is 0 Å². The molecule has 0 saturated heterocycles. The number of allylic oxidation sites excluding steroid dienone is 2. The average Bonchev–Trinajstić information content (AvgIpc) is 3.07. The summed E-state index contributed by atoms with van der Waals surface area (Å²) in [6.07, 6.45) is 5.47. The lowest BCUT2D eigenvalue weighted by molar-refractivity contribution is 0.133. The Labute approximate surface area is 169 Å². The summed E-state index contributed by atoms with van der Waals surface area (Å²) in [5.74, 6) is 1.12. The van der Waals surface area contributed by atoms with Crippen molar-refractivity contribution >= 4 is 24.0 Å². The van der Waals surface area contributed by atoms with Gasteiger partial charge < -0.3 is 9.47 Å². The van der Waals surface area contributed by atoms with E-state index in [-0.39, 0.29) is 0 Å². The minimum absolute atomic E-state index is 0.693. The lowest BCUT2D eigenvalue weighted by Gasteiger charge is -2.23. The second kappa shape index (κ2) is 9.56. The van der Waals surface area contributed by atoms with E-state index in [9.17, 15) is 0 Å². The lowest BCUT2D eigenvalue weighted by atomic mass is 9.89. The third-order valence-electron chi connectivity index (χ3n) is 5.35. The normalized spacial score (nSPS) is 14.7. The molecule has 26 heavy (non-hydrogen) atoms. The number of fused-ring (bicyclic) bond motifs is 1. The van der Waals surface area contributed by atoms with Crippen molar-refractivity contribution in [1.29, 1.82) is 0 Å². The first-order chi connectivity index (χ1) is 12.3. The molecular weight excluding hydrogens is 404 g/mol. The standard InChI is InChI=1S/C22H35BrO2Si/c1-7-17(13-23)9-10-19-18(8-2)16(3)20-14-24-15-21(20)22(19)25-11-12-26(4,5)6/h9H,7-8,10-15H2,1-6H3. The minimum atomic E-state index is -1.11. The van der Waals surface area contributed by atoms with E-state index in [0.717, 1.165) is 43.6 Å². The maximum atomic E-state index is 6.47. The second-order valence-corrected chi connectivity index (χ2v) is 14.6. The fourth-order valence-corrected chi connectivity index (χ4v) is 4.90. The molecule has 2 rings (SSSR count). The largest absolute Gasteiger partial charge is 0.493 e. The molecule has 0 aliphatic carbocycles. The Bertz CT molecular complexity index is 653. The highest BCUT2D eigenvalue weighted by molar-refractivity contribution is 9.09. The highest BCUT2D eigenvalue weighted by Gasteiger charge is 2.26. The third-order valence-corrected chi connectivity index (χ3v) is 7.77. The van der Waals surface area contributed by atoms with Gasteiger partial charge in [0.2, 0.25) is 0 Å². The first-order valence-corrected chi connectivity index (χ1v) is 14.8. The van der Waals surface area contributed by atoms with Crippen molar-refractivity contribution in [2.45, 2.75) is 78.9 Å². The number of hydrogen-bond acceptors (Lipinski definition) is 2. The maximum absolute atomic E-state index is 6.47. The fourth-order valence-electron chi connectivity index (χ4n) is 3.56. The molecule has 146 valence electrons. The van der Waals surface area contributed by atoms with Gasteiger partial charge in [-0.2, -0.15) is 0 Å². The van der Waals surface area contributed by atoms with Crippen LogP contribution in [-0.2, 0) is 30.8 Å². The van der Waals surface area contributed by atoms with Crippen LogP contribution in [-0.4, -0.2) is 20.0 Å². The quantitative estimate of drug-likeness (QED) is 0.246. The third kappa shape index (κ3) is 5.23. The van der Waals surface area contributed by atoms with Crippen LogP contribution in [0.3, 0.4) is 0 Å². The number of alkyl halides is 1. The minimum Gasteiger partial charge on any atom is -0.493 e. The zero-order valence-corrected chi connectivity index (χ0v) is 20.0. The van der Waals surface area contributed by atoms with Crippen molar-refractivity contribution in [2.24, 2.45) is 0 Å². The molecule has 0 saturated carbocycles. The van der Waals surface area contributed by atoms with E-state index in [2.05, 4.69) is 62.4 Å². The monoisotopic (exact) mass is 438 g/mol. The molecule has 2 nitrogen and oxygen atoms in total. The van der Waals surface area contributed by atoms with Crippen molar-refractivity contribution in [3.63, 3.8) is 0 Å². The highest BCUT2D eigenvalue weighted by atomic mass is 79.9. The molecule has 0 fully saturated rings. The summed E-state index contributed by atoms with van der Waals surface area (Å²) in [5, 5.41) is 0.948. The summed E-state index contributed by atoms with van der Waals surface area (Å²) in [6, 6.07) is 1.19. The van der Waals surface area contributed by atoms with E-state index in [1.165, 1.54) is 39.4 Å². The van der Waals surface area contributed by atoms with Gasteiger partial charge in [-0.1, -0.05) is 61.1 Å². The fraction of sp³-hybridized carbons (Fsp3) is 0.636. The smallest absolute Gasteiger partial charge is 0.128 e. The van der Waals surface area contributed by atoms with Gasteiger partial charge in [0, 0.05) is 24.5 Å². The molecule has 0 radical (unpaired) electrons. The zero-order chi connectivity index (χ0) is 19.3. The van der Waals surface area contributed by atoms with Crippen LogP contribution in [0.2, 0.25) is 25.7 Å². The number of halogens is 1. The molecule has 1 aromatic carbocycles. The summed E-state index contributed by atoms with van der Waals surface area (Å²) in [6.45, 7) is 16.2. The molecule has 4 heteroatoms. The van der Waals surface area contributed by atoms with E-state index >= 15 is 0 Å². The molecule has 0 unspecified atom stereocenters. The molecule has 0 amide bonds. The Balaban J connectivity index is 2.44. The topological polar surface area (TPSA) is 18.5 Å². The van der Waals surface area contributed by atoms with Crippen LogP contribution in [0.25, 0.3) is 0 Å². The number of benzene rings is 1. The van der Waals surface area contributed by atoms with Gasteiger partial charge in [-0.15, -0.1) is 0 Å². The summed E-state index contributed by atoms with van der Waals surface area (Å²) >= 11 is 3.62. The van der Waals surface area contributed by atoms with Crippen molar-refractivity contribution in [3.8, 4) is 5.75 Å². The van der Waals surface area contributed by atoms with Gasteiger partial charge in [0.15, 0.2) is 0 Å². The number of hydrogen-bond donors (Lipinski definition) is 0. The molecule has 1 aromatic rings. The molecule has 1 heterocycles. The Morgan fingerprint density at radius 3 is 2.42 bits per heavy atom. The van der Waals surface area contributed by atoms with E-state index < -0.39 is 8.07 Å². The van der Waals surface area contributed by atoms with Crippen LogP contribution in [0.5, 0.6) is 5.75 Å². The van der Waals surface area contributed by atoms with Gasteiger partial charge in [0.1, 0.15) is 5.75 Å². The van der Waals surface area contributed by atoms with E-state index in [1.54, 1.807) is 0 Å². The van der Waals surface area contributed by atoms with Crippen LogP contribution in [0.15, 0.2) is 11.6 Å². The molecule has 0 aromatic heterocycles. The van der Waals surface area contributed by atoms with Gasteiger partial charge in [-0.25, -0.2) is 0 Å². The molecule has 1 aliphatic heterocycles. The molecule has 1 aliphatic rings. The van der Waals surface area contributed by atoms with Crippen molar-refractivity contribution in [2.75, 3.05) is 11.9 Å². The Morgan fingerprint density at radius 2 is 1.85 bits per heavy atom. The van der Waals surface area contributed by atoms with Gasteiger partial charge >= 0.3 is 0 Å². The summed E-state index contributed by atoms with van der Waals surface area (Å²) < 4.78 is 12.3. The van der Waals surface area contributed by atoms with Gasteiger partial charge in [-0.3, -0.25) is 0 Å². The second-order valence-electron chi connectivity index (χ2n) is 8.43. The van der Waals surface area contributed by atoms with E-state index in [4.69, 9.17) is 9.47 Å². The Kier molecular flexibility index (Phi) is 7.99. The number of rotatable bonds is 9. The summed E-state index contributed by atoms with van der Waals surface area (Å²) in [4.78, 5) is 0. The van der Waals surface area contributed by atoms with Crippen LogP contribution in [0, 0.1) is 6.92 Å². The average molecular weight is 440 g/mol. The van der Waals surface area contributed by atoms with E-state index in [0.29, 0.717) is 6.61 Å². The SMILES string of the molecule is CCC(=CCc1c(CC)c(C)c2c(c1OCC[Si](C)(C)C)COC2)CBr. The Morgan fingerprint density at radius 1 is 1.15 bits per heavy atom. The van der Waals surface area contributed by atoms with Gasteiger partial charge in [0.05, 0.1) is 19.8 Å².